The number of halogens is 2. The smallest absolute Gasteiger partial charge is 0.317 e. The quantitative estimate of drug-likeness (QED) is 0.732. The van der Waals surface area contributed by atoms with Gasteiger partial charge in [-0.2, -0.15) is 0 Å². The van der Waals surface area contributed by atoms with Crippen LogP contribution in [0.5, 0.6) is 0 Å². The molecule has 2 rings (SSSR count). The van der Waals surface area contributed by atoms with E-state index in [0.717, 1.165) is 0 Å². The Labute approximate surface area is 80.7 Å². The van der Waals surface area contributed by atoms with Crippen molar-refractivity contribution in [1.82, 2.24) is 4.90 Å². The fourth-order valence-corrected chi connectivity index (χ4v) is 2.62. The van der Waals surface area contributed by atoms with Gasteiger partial charge in [-0.05, 0) is 12.3 Å². The number of aliphatic carboxylic acids is 1. The van der Waals surface area contributed by atoms with Gasteiger partial charge in [-0.3, -0.25) is 9.69 Å². The van der Waals surface area contributed by atoms with E-state index in [9.17, 15) is 13.6 Å². The lowest BCUT2D eigenvalue weighted by Gasteiger charge is -2.18. The van der Waals surface area contributed by atoms with E-state index in [1.807, 2.05) is 0 Å². The Morgan fingerprint density at radius 2 is 2.21 bits per heavy atom. The van der Waals surface area contributed by atoms with Crippen LogP contribution in [0.15, 0.2) is 0 Å². The molecule has 0 amide bonds. The SMILES string of the molecule is O=C(O)CN1C[C@H]2CCC(F)(F)[C@H]2C1. The van der Waals surface area contributed by atoms with Crippen LogP contribution in [0.25, 0.3) is 0 Å². The van der Waals surface area contributed by atoms with Crippen molar-refractivity contribution in [2.24, 2.45) is 11.8 Å². The topological polar surface area (TPSA) is 40.5 Å². The molecular formula is C9H13F2NO2. The second kappa shape index (κ2) is 3.15. The molecule has 0 bridgehead atoms. The zero-order valence-electron chi connectivity index (χ0n) is 7.75. The molecule has 1 aliphatic carbocycles. The zero-order valence-corrected chi connectivity index (χ0v) is 7.75. The van der Waals surface area contributed by atoms with Gasteiger partial charge in [0.15, 0.2) is 0 Å². The number of nitrogens with zero attached hydrogens (tertiary/aromatic N) is 1. The molecular weight excluding hydrogens is 192 g/mol. The summed E-state index contributed by atoms with van der Waals surface area (Å²) in [6.45, 7) is 0.652. The van der Waals surface area contributed by atoms with Gasteiger partial charge >= 0.3 is 5.97 Å². The molecule has 1 aliphatic heterocycles. The normalized spacial score (nSPS) is 35.9. The Balaban J connectivity index is 1.98. The standard InChI is InChI=1S/C9H13F2NO2/c10-9(11)2-1-6-3-12(4-7(6)9)5-8(13)14/h6-7H,1-5H2,(H,13,14)/t6-,7+/m1/s1. The maximum atomic E-state index is 13.2. The average Bonchev–Trinajstić information content (AvgIpc) is 2.53. The van der Waals surface area contributed by atoms with E-state index in [4.69, 9.17) is 5.11 Å². The lowest BCUT2D eigenvalue weighted by molar-refractivity contribution is -0.138. The number of carbonyl (C=O) groups is 1. The fraction of sp³-hybridized carbons (Fsp3) is 0.889. The summed E-state index contributed by atoms with van der Waals surface area (Å²) in [5.74, 6) is -4.11. The number of hydrogen-bond acceptors (Lipinski definition) is 2. The van der Waals surface area contributed by atoms with E-state index in [1.165, 1.54) is 0 Å². The Kier molecular flexibility index (Phi) is 2.21. The van der Waals surface area contributed by atoms with Crippen LogP contribution in [-0.4, -0.2) is 41.5 Å². The summed E-state index contributed by atoms with van der Waals surface area (Å²) in [4.78, 5) is 12.0. The molecule has 1 saturated heterocycles. The molecule has 0 unspecified atom stereocenters. The molecule has 0 aromatic rings. The van der Waals surface area contributed by atoms with E-state index in [0.29, 0.717) is 13.0 Å². The van der Waals surface area contributed by atoms with Gasteiger partial charge in [0.25, 0.3) is 5.92 Å². The molecule has 1 N–H and O–H groups in total. The van der Waals surface area contributed by atoms with E-state index < -0.39 is 17.8 Å². The number of likely N-dealkylation sites (tertiary alicyclic amines) is 1. The summed E-state index contributed by atoms with van der Waals surface area (Å²) in [5.41, 5.74) is 0. The van der Waals surface area contributed by atoms with Gasteiger partial charge in [-0.15, -0.1) is 0 Å². The first-order valence-electron chi connectivity index (χ1n) is 4.81. The summed E-state index contributed by atoms with van der Waals surface area (Å²) in [5, 5.41) is 8.54. The van der Waals surface area contributed by atoms with Crippen molar-refractivity contribution in [3.63, 3.8) is 0 Å². The predicted molar refractivity (Wildman–Crippen MR) is 45.2 cm³/mol. The number of rotatable bonds is 2. The summed E-state index contributed by atoms with van der Waals surface area (Å²) in [6, 6.07) is 0. The minimum absolute atomic E-state index is 0.00403. The molecule has 14 heavy (non-hydrogen) atoms. The van der Waals surface area contributed by atoms with Gasteiger partial charge in [0.2, 0.25) is 0 Å². The largest absolute Gasteiger partial charge is 0.480 e. The van der Waals surface area contributed by atoms with Crippen molar-refractivity contribution in [3.05, 3.63) is 0 Å². The second-order valence-electron chi connectivity index (χ2n) is 4.25. The Bertz CT molecular complexity index is 257. The minimum Gasteiger partial charge on any atom is -0.480 e. The number of carboxylic acid groups (broad SMARTS) is 1. The summed E-state index contributed by atoms with van der Waals surface area (Å²) in [6.07, 6.45) is 0.511. The van der Waals surface area contributed by atoms with Gasteiger partial charge < -0.3 is 5.11 Å². The van der Waals surface area contributed by atoms with Gasteiger partial charge in [0, 0.05) is 25.4 Å². The van der Waals surface area contributed by atoms with Crippen LogP contribution in [0.4, 0.5) is 8.78 Å². The number of alkyl halides is 2. The highest BCUT2D eigenvalue weighted by Crippen LogP contribution is 2.47. The Morgan fingerprint density at radius 3 is 2.79 bits per heavy atom. The summed E-state index contributed by atoms with van der Waals surface area (Å²) in [7, 11) is 0. The highest BCUT2D eigenvalue weighted by Gasteiger charge is 2.53. The molecule has 80 valence electrons. The maximum Gasteiger partial charge on any atom is 0.317 e. The summed E-state index contributed by atoms with van der Waals surface area (Å²) < 4.78 is 26.5. The molecule has 1 saturated carbocycles. The highest BCUT2D eigenvalue weighted by atomic mass is 19.3. The first kappa shape index (κ1) is 9.83. The van der Waals surface area contributed by atoms with Crippen molar-refractivity contribution in [1.29, 1.82) is 0 Å². The fourth-order valence-electron chi connectivity index (χ4n) is 2.62. The van der Waals surface area contributed by atoms with E-state index in [-0.39, 0.29) is 25.4 Å². The zero-order chi connectivity index (χ0) is 10.3. The minimum atomic E-state index is -2.57. The van der Waals surface area contributed by atoms with Crippen LogP contribution in [-0.2, 0) is 4.79 Å². The average molecular weight is 205 g/mol. The third kappa shape index (κ3) is 1.61. The first-order valence-corrected chi connectivity index (χ1v) is 4.81. The lowest BCUT2D eigenvalue weighted by Crippen LogP contribution is -2.32. The maximum absolute atomic E-state index is 13.2. The van der Waals surface area contributed by atoms with Gasteiger partial charge in [0.05, 0.1) is 6.54 Å². The number of fused-ring (bicyclic) bond motifs is 1. The van der Waals surface area contributed by atoms with Crippen LogP contribution in [0.3, 0.4) is 0 Å². The second-order valence-corrected chi connectivity index (χ2v) is 4.25. The van der Waals surface area contributed by atoms with E-state index in [2.05, 4.69) is 0 Å². The molecule has 2 atom stereocenters. The molecule has 2 fully saturated rings. The van der Waals surface area contributed by atoms with Gasteiger partial charge in [-0.1, -0.05) is 0 Å². The predicted octanol–water partition coefficient (Wildman–Crippen LogP) is 1.05. The Morgan fingerprint density at radius 1 is 1.50 bits per heavy atom. The van der Waals surface area contributed by atoms with Crippen LogP contribution in [0.1, 0.15) is 12.8 Å². The van der Waals surface area contributed by atoms with Crippen molar-refractivity contribution >= 4 is 5.97 Å². The van der Waals surface area contributed by atoms with E-state index in [1.54, 1.807) is 4.90 Å². The highest BCUT2D eigenvalue weighted by molar-refractivity contribution is 5.69. The van der Waals surface area contributed by atoms with Crippen molar-refractivity contribution in [2.45, 2.75) is 18.8 Å². The van der Waals surface area contributed by atoms with Crippen molar-refractivity contribution in [2.75, 3.05) is 19.6 Å². The van der Waals surface area contributed by atoms with Crippen molar-refractivity contribution < 1.29 is 18.7 Å². The third-order valence-corrected chi connectivity index (χ3v) is 3.27. The summed E-state index contributed by atoms with van der Waals surface area (Å²) >= 11 is 0. The third-order valence-electron chi connectivity index (χ3n) is 3.27. The molecule has 3 nitrogen and oxygen atoms in total. The van der Waals surface area contributed by atoms with Gasteiger partial charge in [0.1, 0.15) is 0 Å². The molecule has 0 radical (unpaired) electrons. The van der Waals surface area contributed by atoms with Crippen LogP contribution in [0.2, 0.25) is 0 Å². The molecule has 1 heterocycles. The van der Waals surface area contributed by atoms with E-state index >= 15 is 0 Å². The molecule has 2 aliphatic rings. The molecule has 0 aromatic carbocycles. The molecule has 5 heteroatoms. The number of carboxylic acids is 1. The van der Waals surface area contributed by atoms with Crippen LogP contribution >= 0.6 is 0 Å². The number of hydrogen-bond donors (Lipinski definition) is 1. The molecule has 0 spiro atoms. The van der Waals surface area contributed by atoms with Crippen LogP contribution in [0, 0.1) is 11.8 Å². The van der Waals surface area contributed by atoms with Crippen molar-refractivity contribution in [3.8, 4) is 0 Å². The Hall–Kier alpha value is -0.710. The lowest BCUT2D eigenvalue weighted by atomic mass is 9.99. The first-order chi connectivity index (χ1) is 6.49. The van der Waals surface area contributed by atoms with Crippen LogP contribution < -0.4 is 0 Å². The molecule has 0 aromatic heterocycles. The monoisotopic (exact) mass is 205 g/mol. The van der Waals surface area contributed by atoms with Gasteiger partial charge in [-0.25, -0.2) is 8.78 Å².